The smallest absolute Gasteiger partial charge is 0.104 e. The maximum absolute atomic E-state index is 2.37. The highest BCUT2D eigenvalue weighted by Gasteiger charge is 2.18. The summed E-state index contributed by atoms with van der Waals surface area (Å²) in [6.45, 7) is 5.63. The van der Waals surface area contributed by atoms with Gasteiger partial charge < -0.3 is 0 Å². The van der Waals surface area contributed by atoms with E-state index in [9.17, 15) is 0 Å². The first-order valence-electron chi connectivity index (χ1n) is 4.96. The van der Waals surface area contributed by atoms with Crippen LogP contribution in [0.1, 0.15) is 33.1 Å². The van der Waals surface area contributed by atoms with Gasteiger partial charge in [-0.3, -0.25) is 4.48 Å². The van der Waals surface area contributed by atoms with Crippen LogP contribution < -0.4 is 0 Å². The van der Waals surface area contributed by atoms with Crippen molar-refractivity contribution in [3.05, 3.63) is 24.0 Å². The molecule has 1 aliphatic heterocycles. The number of nitrogens with zero attached hydrogens (tertiary/aromatic N) is 1. The fourth-order valence-corrected chi connectivity index (χ4v) is 1.46. The first-order chi connectivity index (χ1) is 5.70. The molecule has 1 unspecified atom stereocenters. The van der Waals surface area contributed by atoms with Gasteiger partial charge in [0.2, 0.25) is 0 Å². The first-order valence-corrected chi connectivity index (χ1v) is 4.96. The van der Waals surface area contributed by atoms with Gasteiger partial charge in [-0.1, -0.05) is 13.3 Å². The number of quaternary nitrogens is 1. The van der Waals surface area contributed by atoms with Crippen molar-refractivity contribution in [1.29, 1.82) is 0 Å². The third kappa shape index (κ3) is 2.21. The quantitative estimate of drug-likeness (QED) is 0.563. The number of rotatable bonds is 4. The van der Waals surface area contributed by atoms with E-state index in [1.165, 1.54) is 24.8 Å². The SMILES string of the molecule is CCCCC1=C[N+](C)(CC)C=C1. The zero-order chi connectivity index (χ0) is 9.03. The fourth-order valence-electron chi connectivity index (χ4n) is 1.46. The van der Waals surface area contributed by atoms with Crippen molar-refractivity contribution < 1.29 is 4.48 Å². The zero-order valence-corrected chi connectivity index (χ0v) is 8.51. The van der Waals surface area contributed by atoms with Crippen molar-refractivity contribution in [3.8, 4) is 0 Å². The van der Waals surface area contributed by atoms with Gasteiger partial charge in [0, 0.05) is 11.6 Å². The predicted octanol–water partition coefficient (Wildman–Crippen LogP) is 3.05. The Bertz CT molecular complexity index is 203. The number of allylic oxidation sites excluding steroid dienone is 2. The summed E-state index contributed by atoms with van der Waals surface area (Å²) in [5.74, 6) is 0. The zero-order valence-electron chi connectivity index (χ0n) is 8.51. The summed E-state index contributed by atoms with van der Waals surface area (Å²) in [6.07, 6.45) is 10.8. The summed E-state index contributed by atoms with van der Waals surface area (Å²) >= 11 is 0. The molecule has 1 heterocycles. The summed E-state index contributed by atoms with van der Waals surface area (Å²) in [6, 6.07) is 0. The van der Waals surface area contributed by atoms with E-state index < -0.39 is 0 Å². The highest BCUT2D eigenvalue weighted by molar-refractivity contribution is 5.19. The molecule has 0 aromatic carbocycles. The van der Waals surface area contributed by atoms with Crippen molar-refractivity contribution in [1.82, 2.24) is 0 Å². The van der Waals surface area contributed by atoms with Crippen molar-refractivity contribution >= 4 is 0 Å². The second kappa shape index (κ2) is 3.90. The third-order valence-corrected chi connectivity index (χ3v) is 2.59. The van der Waals surface area contributed by atoms with Crippen molar-refractivity contribution in [2.45, 2.75) is 33.1 Å². The second-order valence-corrected chi connectivity index (χ2v) is 3.79. The summed E-state index contributed by atoms with van der Waals surface area (Å²) in [5, 5.41) is 0. The molecule has 0 radical (unpaired) electrons. The Hall–Kier alpha value is -0.560. The van der Waals surface area contributed by atoms with Crippen LogP contribution >= 0.6 is 0 Å². The summed E-state index contributed by atoms with van der Waals surface area (Å²) in [5.41, 5.74) is 1.52. The standard InChI is InChI=1S/C11H20N/c1-4-6-7-11-8-9-12(3,5-2)10-11/h8-10H,4-7H2,1-3H3/q+1. The molecule has 0 N–H and O–H groups in total. The normalized spacial score (nSPS) is 27.8. The molecule has 1 aliphatic rings. The van der Waals surface area contributed by atoms with Gasteiger partial charge in [0.25, 0.3) is 0 Å². The number of unbranched alkanes of at least 4 members (excludes halogenated alkanes) is 1. The van der Waals surface area contributed by atoms with Crippen molar-refractivity contribution in [2.75, 3.05) is 13.6 Å². The lowest BCUT2D eigenvalue weighted by atomic mass is 10.1. The molecule has 68 valence electrons. The minimum Gasteiger partial charge on any atom is -0.273 e. The molecule has 0 bridgehead atoms. The van der Waals surface area contributed by atoms with Crippen LogP contribution in [0, 0.1) is 0 Å². The Morgan fingerprint density at radius 2 is 2.08 bits per heavy atom. The fraction of sp³-hybridized carbons (Fsp3) is 0.636. The Labute approximate surface area is 76.0 Å². The molecule has 1 heteroatoms. The van der Waals surface area contributed by atoms with Crippen LogP contribution in [0.4, 0.5) is 0 Å². The molecule has 1 nitrogen and oxygen atoms in total. The molecule has 0 spiro atoms. The van der Waals surface area contributed by atoms with Crippen molar-refractivity contribution in [3.63, 3.8) is 0 Å². The molecule has 0 aromatic heterocycles. The Balaban J connectivity index is 2.49. The van der Waals surface area contributed by atoms with Gasteiger partial charge in [-0.25, -0.2) is 0 Å². The molecule has 1 rings (SSSR count). The number of hydrogen-bond donors (Lipinski definition) is 0. The average molecular weight is 166 g/mol. The molecule has 0 amide bonds. The van der Waals surface area contributed by atoms with Crippen molar-refractivity contribution in [2.24, 2.45) is 0 Å². The topological polar surface area (TPSA) is 0 Å². The van der Waals surface area contributed by atoms with E-state index in [0.717, 1.165) is 11.0 Å². The first kappa shape index (κ1) is 9.53. The lowest BCUT2D eigenvalue weighted by Gasteiger charge is -2.20. The van der Waals surface area contributed by atoms with Gasteiger partial charge in [-0.15, -0.1) is 0 Å². The average Bonchev–Trinajstić information content (AvgIpc) is 2.45. The Morgan fingerprint density at radius 3 is 2.58 bits per heavy atom. The molecule has 0 saturated carbocycles. The summed E-state index contributed by atoms with van der Waals surface area (Å²) in [7, 11) is 2.25. The number of hydrogen-bond acceptors (Lipinski definition) is 0. The van der Waals surface area contributed by atoms with E-state index in [0.29, 0.717) is 0 Å². The van der Waals surface area contributed by atoms with Crippen LogP contribution in [0.3, 0.4) is 0 Å². The summed E-state index contributed by atoms with van der Waals surface area (Å²) in [4.78, 5) is 0. The van der Waals surface area contributed by atoms with Gasteiger partial charge in [0.1, 0.15) is 12.4 Å². The Kier molecular flexibility index (Phi) is 3.10. The highest BCUT2D eigenvalue weighted by Crippen LogP contribution is 2.21. The van der Waals surface area contributed by atoms with E-state index in [1.54, 1.807) is 0 Å². The van der Waals surface area contributed by atoms with Crippen LogP contribution in [0.15, 0.2) is 24.0 Å². The van der Waals surface area contributed by atoms with Gasteiger partial charge >= 0.3 is 0 Å². The van der Waals surface area contributed by atoms with E-state index >= 15 is 0 Å². The van der Waals surface area contributed by atoms with E-state index in [1.807, 2.05) is 0 Å². The largest absolute Gasteiger partial charge is 0.273 e. The maximum atomic E-state index is 2.37. The van der Waals surface area contributed by atoms with Crippen LogP contribution in [-0.4, -0.2) is 18.1 Å². The maximum Gasteiger partial charge on any atom is 0.104 e. The van der Waals surface area contributed by atoms with E-state index in [2.05, 4.69) is 39.4 Å². The lowest BCUT2D eigenvalue weighted by Crippen LogP contribution is -2.29. The lowest BCUT2D eigenvalue weighted by molar-refractivity contribution is -0.802. The second-order valence-electron chi connectivity index (χ2n) is 3.79. The van der Waals surface area contributed by atoms with Crippen LogP contribution in [-0.2, 0) is 0 Å². The van der Waals surface area contributed by atoms with Gasteiger partial charge in [-0.2, -0.15) is 0 Å². The minimum atomic E-state index is 0.985. The van der Waals surface area contributed by atoms with Gasteiger partial charge in [-0.05, 0) is 19.8 Å². The highest BCUT2D eigenvalue weighted by atomic mass is 15.3. The molecule has 0 aromatic rings. The van der Waals surface area contributed by atoms with Gasteiger partial charge in [0.05, 0.1) is 13.6 Å². The minimum absolute atomic E-state index is 0.985. The van der Waals surface area contributed by atoms with E-state index in [4.69, 9.17) is 0 Å². The molecule has 12 heavy (non-hydrogen) atoms. The molecule has 0 saturated heterocycles. The monoisotopic (exact) mass is 166 g/mol. The Morgan fingerprint density at radius 1 is 1.33 bits per heavy atom. The molecule has 0 fully saturated rings. The molecular formula is C11H20N+. The molecule has 1 atom stereocenters. The van der Waals surface area contributed by atoms with Crippen LogP contribution in [0.25, 0.3) is 0 Å². The third-order valence-electron chi connectivity index (χ3n) is 2.59. The van der Waals surface area contributed by atoms with Gasteiger partial charge in [0.15, 0.2) is 0 Å². The van der Waals surface area contributed by atoms with E-state index in [-0.39, 0.29) is 0 Å². The molecule has 0 aliphatic carbocycles. The summed E-state index contributed by atoms with van der Waals surface area (Å²) < 4.78 is 0.985. The van der Waals surface area contributed by atoms with Crippen LogP contribution in [0.2, 0.25) is 0 Å². The predicted molar refractivity (Wildman–Crippen MR) is 53.5 cm³/mol. The molecular weight excluding hydrogens is 146 g/mol. The van der Waals surface area contributed by atoms with Crippen LogP contribution in [0.5, 0.6) is 0 Å².